The summed E-state index contributed by atoms with van der Waals surface area (Å²) in [5.41, 5.74) is 0.439. The molecule has 3 aromatic rings. The molecule has 4 rings (SSSR count). The highest BCUT2D eigenvalue weighted by atomic mass is 79.9. The number of allylic oxidation sites excluding steroid dienone is 3. The van der Waals surface area contributed by atoms with Crippen LogP contribution in [-0.4, -0.2) is 60.3 Å². The molecule has 0 aliphatic heterocycles. The Balaban J connectivity index is 1.72. The molecule has 0 saturated carbocycles. The van der Waals surface area contributed by atoms with Crippen LogP contribution in [0.3, 0.4) is 0 Å². The van der Waals surface area contributed by atoms with Crippen molar-refractivity contribution in [1.82, 2.24) is 19.7 Å². The number of sulfonamides is 1. The third-order valence-corrected chi connectivity index (χ3v) is 9.60. The van der Waals surface area contributed by atoms with Crippen molar-refractivity contribution in [3.8, 4) is 34.5 Å². The largest absolute Gasteiger partial charge is 0.493 e. The third-order valence-electron chi connectivity index (χ3n) is 6.85. The monoisotopic (exact) mass is 647 g/mol. The van der Waals surface area contributed by atoms with Gasteiger partial charge in [0.1, 0.15) is 23.8 Å². The van der Waals surface area contributed by atoms with Crippen LogP contribution in [0.15, 0.2) is 59.4 Å². The summed E-state index contributed by atoms with van der Waals surface area (Å²) in [6.07, 6.45) is 10.7. The van der Waals surface area contributed by atoms with Gasteiger partial charge in [0.25, 0.3) is 0 Å². The average Bonchev–Trinajstić information content (AvgIpc) is 3.25. The van der Waals surface area contributed by atoms with E-state index in [1.165, 1.54) is 11.8 Å². The molecule has 1 unspecified atom stereocenters. The molecule has 0 fully saturated rings. The van der Waals surface area contributed by atoms with Crippen molar-refractivity contribution in [2.75, 3.05) is 32.2 Å². The summed E-state index contributed by atoms with van der Waals surface area (Å²) in [7, 11) is 0.736. The fourth-order valence-corrected chi connectivity index (χ4v) is 6.85. The zero-order valence-electron chi connectivity index (χ0n) is 23.8. The Bertz CT molecular complexity index is 1550. The number of hydrogen-bond acceptors (Lipinski definition) is 9. The number of benzene rings is 1. The minimum Gasteiger partial charge on any atom is -0.493 e. The lowest BCUT2D eigenvalue weighted by Gasteiger charge is -2.42. The highest BCUT2D eigenvalue weighted by molar-refractivity contribution is 9.10. The van der Waals surface area contributed by atoms with E-state index in [1.807, 2.05) is 32.9 Å². The van der Waals surface area contributed by atoms with Gasteiger partial charge in [-0.2, -0.15) is 0 Å². The van der Waals surface area contributed by atoms with Crippen molar-refractivity contribution in [3.63, 3.8) is 0 Å². The fraction of sp³-hybridized carbons (Fsp3) is 0.393. The van der Waals surface area contributed by atoms with Crippen molar-refractivity contribution >= 4 is 31.8 Å². The van der Waals surface area contributed by atoms with Crippen LogP contribution in [0.5, 0.6) is 23.4 Å². The number of rotatable bonds is 11. The molecular formula is C28H34BrN5O6S. The smallest absolute Gasteiger partial charge is 0.316 e. The predicted molar refractivity (Wildman–Crippen MR) is 160 cm³/mol. The third kappa shape index (κ3) is 6.20. The Kier molecular flexibility index (Phi) is 8.97. The summed E-state index contributed by atoms with van der Waals surface area (Å²) in [5.74, 6) is 1.45. The minimum absolute atomic E-state index is 0.0996. The van der Waals surface area contributed by atoms with E-state index in [2.05, 4.69) is 35.7 Å². The van der Waals surface area contributed by atoms with Crippen LogP contribution in [0.1, 0.15) is 27.2 Å². The van der Waals surface area contributed by atoms with Gasteiger partial charge in [0, 0.05) is 19.4 Å². The number of hydrogen-bond donors (Lipinski definition) is 1. The molecule has 0 saturated heterocycles. The normalized spacial score (nSPS) is 16.9. The van der Waals surface area contributed by atoms with Crippen LogP contribution in [0.25, 0.3) is 11.1 Å². The Labute approximate surface area is 248 Å². The first-order valence-corrected chi connectivity index (χ1v) is 15.1. The maximum Gasteiger partial charge on any atom is 0.316 e. The lowest BCUT2D eigenvalue weighted by atomic mass is 9.76. The molecule has 0 spiro atoms. The van der Waals surface area contributed by atoms with E-state index in [0.29, 0.717) is 29.0 Å². The summed E-state index contributed by atoms with van der Waals surface area (Å²) >= 11 is 3.29. The standard InChI is InChI=1S/C28H34BrN5O6S/c1-27(2,3)28(12-8-7-9-13-28)41(35,36)33-24-23(19-10-11-21(37-5)22(16-19)38-6)25(32-34(24)4)39-14-15-40-26-30-17-20(29)18-31-26/h7-12,16-18,33H,13-15H2,1-6H3. The molecule has 1 aliphatic carbocycles. The number of ether oxygens (including phenoxy) is 4. The SMILES string of the molecule is COc1ccc(-c2c(OCCOc3ncc(Br)cn3)nn(C)c2NS(=O)(=O)C2(C(C)(C)C)C=CC=CC2)cc1OC. The summed E-state index contributed by atoms with van der Waals surface area (Å²) in [4.78, 5) is 8.17. The maximum absolute atomic E-state index is 14.2. The Morgan fingerprint density at radius 2 is 1.73 bits per heavy atom. The van der Waals surface area contributed by atoms with Gasteiger partial charge in [-0.15, -0.1) is 5.10 Å². The number of aromatic nitrogens is 4. The number of halogens is 1. The van der Waals surface area contributed by atoms with Crippen LogP contribution in [0.4, 0.5) is 5.82 Å². The van der Waals surface area contributed by atoms with Gasteiger partial charge in [-0.3, -0.25) is 4.72 Å². The highest BCUT2D eigenvalue weighted by Crippen LogP contribution is 2.46. The first kappa shape index (κ1) is 30.4. The molecule has 11 nitrogen and oxygen atoms in total. The van der Waals surface area contributed by atoms with Crippen molar-refractivity contribution in [2.45, 2.75) is 31.9 Å². The molecule has 2 aromatic heterocycles. The zero-order chi connectivity index (χ0) is 29.8. The van der Waals surface area contributed by atoms with Crippen molar-refractivity contribution in [2.24, 2.45) is 12.5 Å². The fourth-order valence-electron chi connectivity index (χ4n) is 4.59. The molecule has 13 heteroatoms. The second kappa shape index (κ2) is 12.1. The highest BCUT2D eigenvalue weighted by Gasteiger charge is 2.51. The van der Waals surface area contributed by atoms with E-state index in [4.69, 9.17) is 18.9 Å². The maximum atomic E-state index is 14.2. The van der Waals surface area contributed by atoms with Gasteiger partial charge in [-0.05, 0) is 45.5 Å². The van der Waals surface area contributed by atoms with Gasteiger partial charge in [0.2, 0.25) is 15.9 Å². The lowest BCUT2D eigenvalue weighted by molar-refractivity contribution is 0.201. The Hall–Kier alpha value is -3.58. The zero-order valence-corrected chi connectivity index (χ0v) is 26.2. The van der Waals surface area contributed by atoms with E-state index < -0.39 is 20.2 Å². The van der Waals surface area contributed by atoms with Gasteiger partial charge in [-0.1, -0.05) is 51.1 Å². The molecule has 1 aromatic carbocycles. The summed E-state index contributed by atoms with van der Waals surface area (Å²) in [6, 6.07) is 5.48. The van der Waals surface area contributed by atoms with Crippen LogP contribution in [0, 0.1) is 5.41 Å². The van der Waals surface area contributed by atoms with E-state index in [9.17, 15) is 8.42 Å². The van der Waals surface area contributed by atoms with Crippen LogP contribution >= 0.6 is 15.9 Å². The van der Waals surface area contributed by atoms with Crippen LogP contribution in [0.2, 0.25) is 0 Å². The van der Waals surface area contributed by atoms with Gasteiger partial charge in [0.15, 0.2) is 11.5 Å². The van der Waals surface area contributed by atoms with Gasteiger partial charge < -0.3 is 18.9 Å². The Morgan fingerprint density at radius 1 is 1.05 bits per heavy atom. The quantitative estimate of drug-likeness (QED) is 0.281. The average molecular weight is 649 g/mol. The predicted octanol–water partition coefficient (Wildman–Crippen LogP) is 5.16. The molecule has 2 heterocycles. The number of methoxy groups -OCH3 is 2. The van der Waals surface area contributed by atoms with E-state index in [1.54, 1.807) is 56.9 Å². The van der Waals surface area contributed by atoms with E-state index in [-0.39, 0.29) is 30.9 Å². The summed E-state index contributed by atoms with van der Waals surface area (Å²) < 4.78 is 54.7. The molecule has 0 bridgehead atoms. The molecule has 220 valence electrons. The van der Waals surface area contributed by atoms with Crippen molar-refractivity contribution in [3.05, 3.63) is 59.4 Å². The first-order chi connectivity index (χ1) is 19.4. The molecule has 1 aliphatic rings. The van der Waals surface area contributed by atoms with Crippen molar-refractivity contribution in [1.29, 1.82) is 0 Å². The number of nitrogens with zero attached hydrogens (tertiary/aromatic N) is 4. The van der Waals surface area contributed by atoms with Gasteiger partial charge in [0.05, 0.1) is 24.3 Å². The number of aryl methyl sites for hydroxylation is 1. The molecule has 1 atom stereocenters. The second-order valence-corrected chi connectivity index (χ2v) is 13.2. The van der Waals surface area contributed by atoms with Gasteiger partial charge in [-0.25, -0.2) is 23.1 Å². The Morgan fingerprint density at radius 3 is 2.34 bits per heavy atom. The second-order valence-electron chi connectivity index (χ2n) is 10.3. The number of nitrogens with one attached hydrogen (secondary N) is 1. The minimum atomic E-state index is -3.99. The molecule has 0 amide bonds. The van der Waals surface area contributed by atoms with E-state index in [0.717, 1.165) is 4.47 Å². The molecule has 0 radical (unpaired) electrons. The summed E-state index contributed by atoms with van der Waals surface area (Å²) in [6.45, 7) is 5.98. The molecular weight excluding hydrogens is 614 g/mol. The number of anilines is 1. The van der Waals surface area contributed by atoms with Crippen molar-refractivity contribution < 1.29 is 27.4 Å². The summed E-state index contributed by atoms with van der Waals surface area (Å²) in [5, 5.41) is 4.53. The van der Waals surface area contributed by atoms with E-state index >= 15 is 0 Å². The first-order valence-electron chi connectivity index (χ1n) is 12.8. The van der Waals surface area contributed by atoms with Crippen LogP contribution < -0.4 is 23.7 Å². The molecule has 41 heavy (non-hydrogen) atoms. The van der Waals surface area contributed by atoms with Gasteiger partial charge >= 0.3 is 6.01 Å². The van der Waals surface area contributed by atoms with Crippen LogP contribution in [-0.2, 0) is 17.1 Å². The lowest BCUT2D eigenvalue weighted by Crippen LogP contribution is -2.51. The topological polar surface area (TPSA) is 127 Å². The molecule has 1 N–H and O–H groups in total.